The number of rotatable bonds is 7. The van der Waals surface area contributed by atoms with E-state index >= 15 is 0 Å². The van der Waals surface area contributed by atoms with Gasteiger partial charge in [-0.2, -0.15) is 0 Å². The molecule has 21 heavy (non-hydrogen) atoms. The molecule has 2 unspecified atom stereocenters. The van der Waals surface area contributed by atoms with Crippen LogP contribution in [0.25, 0.3) is 0 Å². The minimum Gasteiger partial charge on any atom is -0.393 e. The maximum atomic E-state index is 9.70. The van der Waals surface area contributed by atoms with Gasteiger partial charge in [0.15, 0.2) is 10.3 Å². The van der Waals surface area contributed by atoms with Gasteiger partial charge in [-0.25, -0.2) is 0 Å². The van der Waals surface area contributed by atoms with Gasteiger partial charge >= 0.3 is 0 Å². The summed E-state index contributed by atoms with van der Waals surface area (Å²) in [7, 11) is 0.170. The number of hydrogen-bond donors (Lipinski definition) is 1. The SMILES string of the molecule is CCN(CC)[s+]1ccc(C2CCCCC2)c1CCC(C)O. The van der Waals surface area contributed by atoms with Crippen LogP contribution in [-0.4, -0.2) is 24.3 Å². The normalized spacial score (nSPS) is 19.2. The Bertz CT molecular complexity index is 417. The van der Waals surface area contributed by atoms with E-state index in [1.54, 1.807) is 10.4 Å². The van der Waals surface area contributed by atoms with Crippen LogP contribution in [0.1, 0.15) is 75.7 Å². The summed E-state index contributed by atoms with van der Waals surface area (Å²) >= 11 is 0. The molecule has 1 aromatic heterocycles. The molecule has 0 aliphatic heterocycles. The van der Waals surface area contributed by atoms with Crippen molar-refractivity contribution in [3.8, 4) is 0 Å². The van der Waals surface area contributed by atoms with Gasteiger partial charge < -0.3 is 5.11 Å². The van der Waals surface area contributed by atoms with E-state index in [1.165, 1.54) is 32.1 Å². The first kappa shape index (κ1) is 17.0. The standard InChI is InChI=1S/C18H32NOS/c1-4-19(5-2)21-14-13-17(16-9-7-6-8-10-16)18(21)12-11-15(3)20/h13-16,20H,4-12H2,1-3H3/q+1. The average molecular weight is 311 g/mol. The molecule has 1 saturated carbocycles. The summed E-state index contributed by atoms with van der Waals surface area (Å²) in [6.45, 7) is 8.66. The fourth-order valence-electron chi connectivity index (χ4n) is 3.54. The summed E-state index contributed by atoms with van der Waals surface area (Å²) in [5.74, 6) is 0.784. The Morgan fingerprint density at radius 3 is 2.48 bits per heavy atom. The van der Waals surface area contributed by atoms with E-state index in [9.17, 15) is 5.11 Å². The zero-order chi connectivity index (χ0) is 15.2. The topological polar surface area (TPSA) is 23.5 Å². The second-order valence-electron chi connectivity index (χ2n) is 6.33. The molecule has 1 aliphatic rings. The molecule has 1 aromatic rings. The highest BCUT2D eigenvalue weighted by Gasteiger charge is 2.29. The first-order valence-corrected chi connectivity index (χ1v) is 9.99. The third kappa shape index (κ3) is 4.30. The van der Waals surface area contributed by atoms with Gasteiger partial charge in [-0.1, -0.05) is 19.3 Å². The second-order valence-corrected chi connectivity index (χ2v) is 8.24. The zero-order valence-electron chi connectivity index (χ0n) is 14.0. The van der Waals surface area contributed by atoms with E-state index in [4.69, 9.17) is 0 Å². The molecule has 120 valence electrons. The molecule has 0 spiro atoms. The minimum atomic E-state index is -0.187. The fourth-order valence-corrected chi connectivity index (χ4v) is 5.83. The molecule has 0 saturated heterocycles. The summed E-state index contributed by atoms with van der Waals surface area (Å²) in [6, 6.07) is 2.43. The molecule has 1 N–H and O–H groups in total. The molecule has 0 amide bonds. The highest BCUT2D eigenvalue weighted by atomic mass is 32.2. The van der Waals surface area contributed by atoms with Crippen LogP contribution in [0.4, 0.5) is 0 Å². The lowest BCUT2D eigenvalue weighted by molar-refractivity contribution is 0.185. The van der Waals surface area contributed by atoms with Crippen LogP contribution < -0.4 is 4.31 Å². The molecule has 1 fully saturated rings. The monoisotopic (exact) mass is 310 g/mol. The summed E-state index contributed by atoms with van der Waals surface area (Å²) in [5.41, 5.74) is 1.63. The van der Waals surface area contributed by atoms with Crippen LogP contribution in [0.15, 0.2) is 11.4 Å². The van der Waals surface area contributed by atoms with Crippen molar-refractivity contribution >= 4 is 10.7 Å². The van der Waals surface area contributed by atoms with Crippen molar-refractivity contribution in [1.29, 1.82) is 0 Å². The summed E-state index contributed by atoms with van der Waals surface area (Å²) in [6.07, 6.45) is 8.72. The van der Waals surface area contributed by atoms with Gasteiger partial charge in [0.2, 0.25) is 0 Å². The predicted molar refractivity (Wildman–Crippen MR) is 94.0 cm³/mol. The van der Waals surface area contributed by atoms with Gasteiger partial charge in [0.1, 0.15) is 0 Å². The van der Waals surface area contributed by atoms with Gasteiger partial charge in [0, 0.05) is 31.1 Å². The van der Waals surface area contributed by atoms with E-state index < -0.39 is 0 Å². The largest absolute Gasteiger partial charge is 0.393 e. The molecule has 1 heterocycles. The Kier molecular flexibility index (Phi) is 6.72. The van der Waals surface area contributed by atoms with E-state index in [-0.39, 0.29) is 16.8 Å². The Balaban J connectivity index is 2.25. The first-order chi connectivity index (χ1) is 10.2. The number of aliphatic hydroxyl groups is 1. The lowest BCUT2D eigenvalue weighted by Gasteiger charge is -2.21. The Morgan fingerprint density at radius 1 is 1.24 bits per heavy atom. The van der Waals surface area contributed by atoms with Gasteiger partial charge in [-0.3, -0.25) is 0 Å². The second kappa shape index (κ2) is 8.30. The van der Waals surface area contributed by atoms with Crippen LogP contribution in [0.5, 0.6) is 0 Å². The van der Waals surface area contributed by atoms with Crippen molar-refractivity contribution in [1.82, 2.24) is 0 Å². The van der Waals surface area contributed by atoms with Gasteiger partial charge in [-0.15, -0.1) is 4.31 Å². The van der Waals surface area contributed by atoms with Gasteiger partial charge in [-0.05, 0) is 46.0 Å². The molecule has 1 aliphatic carbocycles. The number of nitrogens with zero attached hydrogens (tertiary/aromatic N) is 1. The van der Waals surface area contributed by atoms with Crippen LogP contribution >= 0.6 is 10.7 Å². The van der Waals surface area contributed by atoms with E-state index in [0.717, 1.165) is 31.8 Å². The molecule has 2 atom stereocenters. The fraction of sp³-hybridized carbons (Fsp3) is 0.778. The van der Waals surface area contributed by atoms with Gasteiger partial charge in [0.25, 0.3) is 0 Å². The lowest BCUT2D eigenvalue weighted by Crippen LogP contribution is -2.21. The highest BCUT2D eigenvalue weighted by Crippen LogP contribution is 2.41. The molecular formula is C18H32NOS+. The number of aliphatic hydroxyl groups excluding tert-OH is 1. The third-order valence-corrected chi connectivity index (χ3v) is 7.18. The molecule has 2 nitrogen and oxygen atoms in total. The average Bonchev–Trinajstić information content (AvgIpc) is 2.91. The van der Waals surface area contributed by atoms with Crippen molar-refractivity contribution in [3.63, 3.8) is 0 Å². The molecular weight excluding hydrogens is 278 g/mol. The summed E-state index contributed by atoms with van der Waals surface area (Å²) in [4.78, 5) is 1.63. The maximum absolute atomic E-state index is 9.70. The van der Waals surface area contributed by atoms with Crippen molar-refractivity contribution < 1.29 is 5.11 Å². The van der Waals surface area contributed by atoms with Crippen molar-refractivity contribution in [2.24, 2.45) is 0 Å². The van der Waals surface area contributed by atoms with Crippen molar-refractivity contribution in [3.05, 3.63) is 21.9 Å². The summed E-state index contributed by atoms with van der Waals surface area (Å²) in [5, 5.41) is 12.1. The Labute approximate surface area is 133 Å². The van der Waals surface area contributed by atoms with Crippen LogP contribution in [0.2, 0.25) is 0 Å². The number of hydrogen-bond acceptors (Lipinski definition) is 2. The quantitative estimate of drug-likeness (QED) is 0.733. The minimum absolute atomic E-state index is 0.170. The van der Waals surface area contributed by atoms with Crippen molar-refractivity contribution in [2.45, 2.75) is 77.7 Å². The molecule has 0 bridgehead atoms. The molecule has 0 radical (unpaired) electrons. The van der Waals surface area contributed by atoms with E-state index in [2.05, 4.69) is 29.6 Å². The summed E-state index contributed by atoms with van der Waals surface area (Å²) < 4.78 is 2.57. The van der Waals surface area contributed by atoms with E-state index in [0.29, 0.717) is 0 Å². The predicted octanol–water partition coefficient (Wildman–Crippen LogP) is 4.77. The lowest BCUT2D eigenvalue weighted by atomic mass is 9.84. The molecule has 3 heteroatoms. The third-order valence-electron chi connectivity index (χ3n) is 4.77. The van der Waals surface area contributed by atoms with Crippen LogP contribution in [-0.2, 0) is 6.42 Å². The molecule has 0 aromatic carbocycles. The maximum Gasteiger partial charge on any atom is 0.175 e. The molecule has 2 rings (SSSR count). The number of thiophene rings is 1. The van der Waals surface area contributed by atoms with Gasteiger partial charge in [0.05, 0.1) is 16.8 Å². The Morgan fingerprint density at radius 2 is 1.90 bits per heavy atom. The van der Waals surface area contributed by atoms with Crippen LogP contribution in [0.3, 0.4) is 0 Å². The zero-order valence-corrected chi connectivity index (χ0v) is 14.8. The smallest absolute Gasteiger partial charge is 0.175 e. The van der Waals surface area contributed by atoms with Crippen LogP contribution in [0, 0.1) is 0 Å². The highest BCUT2D eigenvalue weighted by molar-refractivity contribution is 7.32. The van der Waals surface area contributed by atoms with E-state index in [1.807, 2.05) is 6.92 Å². The van der Waals surface area contributed by atoms with Crippen molar-refractivity contribution in [2.75, 3.05) is 17.4 Å². The first-order valence-electron chi connectivity index (χ1n) is 8.74. The Hall–Kier alpha value is -0.380.